The third-order valence-corrected chi connectivity index (χ3v) is 3.69. The standard InChI is InChI=1S/C12H15ClFNO/c1-7(15)12(3-4-12)9-5-8(14)6-10(13)11(9)16-2/h5-7H,3-4,15H2,1-2H3. The Bertz CT molecular complexity index is 416. The number of halogens is 2. The van der Waals surface area contributed by atoms with Gasteiger partial charge in [0.25, 0.3) is 0 Å². The van der Waals surface area contributed by atoms with Crippen LogP contribution in [-0.2, 0) is 5.41 Å². The third kappa shape index (κ3) is 1.68. The van der Waals surface area contributed by atoms with E-state index in [0.29, 0.717) is 10.8 Å². The molecule has 1 saturated carbocycles. The highest BCUT2D eigenvalue weighted by molar-refractivity contribution is 6.32. The van der Waals surface area contributed by atoms with Crippen LogP contribution in [0.3, 0.4) is 0 Å². The van der Waals surface area contributed by atoms with Gasteiger partial charge >= 0.3 is 0 Å². The first kappa shape index (κ1) is 11.7. The zero-order valence-corrected chi connectivity index (χ0v) is 10.1. The lowest BCUT2D eigenvalue weighted by molar-refractivity contribution is 0.397. The van der Waals surface area contributed by atoms with Crippen molar-refractivity contribution in [2.24, 2.45) is 5.73 Å². The van der Waals surface area contributed by atoms with Gasteiger partial charge in [0.2, 0.25) is 0 Å². The van der Waals surface area contributed by atoms with Gasteiger partial charge in [0.05, 0.1) is 12.1 Å². The summed E-state index contributed by atoms with van der Waals surface area (Å²) in [6.07, 6.45) is 1.92. The van der Waals surface area contributed by atoms with E-state index in [1.807, 2.05) is 6.92 Å². The van der Waals surface area contributed by atoms with Crippen molar-refractivity contribution in [3.63, 3.8) is 0 Å². The van der Waals surface area contributed by atoms with E-state index >= 15 is 0 Å². The number of benzene rings is 1. The van der Waals surface area contributed by atoms with Crippen LogP contribution in [0.15, 0.2) is 12.1 Å². The summed E-state index contributed by atoms with van der Waals surface area (Å²) in [7, 11) is 1.54. The minimum absolute atomic E-state index is 0.0285. The van der Waals surface area contributed by atoms with Gasteiger partial charge in [0.15, 0.2) is 0 Å². The van der Waals surface area contributed by atoms with Gasteiger partial charge in [-0.1, -0.05) is 11.6 Å². The Hall–Kier alpha value is -0.800. The Balaban J connectivity index is 2.55. The maximum atomic E-state index is 13.4. The molecular formula is C12H15ClFNO. The van der Waals surface area contributed by atoms with Gasteiger partial charge in [0.1, 0.15) is 11.6 Å². The summed E-state index contributed by atoms with van der Waals surface area (Å²) in [6.45, 7) is 1.94. The maximum absolute atomic E-state index is 13.4. The van der Waals surface area contributed by atoms with Crippen LogP contribution in [0.2, 0.25) is 5.02 Å². The first-order chi connectivity index (χ1) is 7.51. The number of hydrogen-bond acceptors (Lipinski definition) is 2. The van der Waals surface area contributed by atoms with Crippen LogP contribution in [0.5, 0.6) is 5.75 Å². The molecule has 1 aliphatic rings. The highest BCUT2D eigenvalue weighted by Crippen LogP contribution is 2.54. The molecule has 1 aliphatic carbocycles. The fourth-order valence-corrected chi connectivity index (χ4v) is 2.53. The van der Waals surface area contributed by atoms with Crippen LogP contribution < -0.4 is 10.5 Å². The molecule has 0 spiro atoms. The van der Waals surface area contributed by atoms with Crippen LogP contribution in [0, 0.1) is 5.82 Å². The van der Waals surface area contributed by atoms with E-state index in [1.54, 1.807) is 7.11 Å². The molecule has 1 atom stereocenters. The van der Waals surface area contributed by atoms with Gasteiger partial charge in [-0.2, -0.15) is 0 Å². The van der Waals surface area contributed by atoms with Gasteiger partial charge in [-0.05, 0) is 31.9 Å². The quantitative estimate of drug-likeness (QED) is 0.886. The van der Waals surface area contributed by atoms with E-state index in [2.05, 4.69) is 0 Å². The van der Waals surface area contributed by atoms with Crippen molar-refractivity contribution < 1.29 is 9.13 Å². The summed E-state index contributed by atoms with van der Waals surface area (Å²) in [5, 5.41) is 0.310. The van der Waals surface area contributed by atoms with Gasteiger partial charge in [0, 0.05) is 17.0 Å². The lowest BCUT2D eigenvalue weighted by atomic mass is 9.88. The molecule has 0 saturated heterocycles. The molecule has 1 unspecified atom stereocenters. The molecule has 1 fully saturated rings. The number of nitrogens with two attached hydrogens (primary N) is 1. The monoisotopic (exact) mass is 243 g/mol. The van der Waals surface area contributed by atoms with E-state index < -0.39 is 0 Å². The molecule has 2 nitrogen and oxygen atoms in total. The van der Waals surface area contributed by atoms with E-state index in [1.165, 1.54) is 12.1 Å². The molecule has 4 heteroatoms. The molecule has 1 aromatic rings. The second-order valence-electron chi connectivity index (χ2n) is 4.41. The van der Waals surface area contributed by atoms with Crippen molar-refractivity contribution in [3.8, 4) is 5.75 Å². The van der Waals surface area contributed by atoms with E-state index in [9.17, 15) is 4.39 Å². The number of ether oxygens (including phenoxy) is 1. The lowest BCUT2D eigenvalue weighted by Crippen LogP contribution is -2.32. The summed E-state index contributed by atoms with van der Waals surface area (Å²) in [5.41, 5.74) is 6.61. The summed E-state index contributed by atoms with van der Waals surface area (Å²) in [5.74, 6) is 0.214. The first-order valence-corrected chi connectivity index (χ1v) is 5.68. The lowest BCUT2D eigenvalue weighted by Gasteiger charge is -2.23. The van der Waals surface area contributed by atoms with E-state index in [4.69, 9.17) is 22.1 Å². The average molecular weight is 244 g/mol. The summed E-state index contributed by atoms with van der Waals surface area (Å²) in [6, 6.07) is 2.72. The molecule has 0 bridgehead atoms. The van der Waals surface area contributed by atoms with Crippen LogP contribution in [0.1, 0.15) is 25.3 Å². The number of methoxy groups -OCH3 is 1. The smallest absolute Gasteiger partial charge is 0.141 e. The van der Waals surface area contributed by atoms with Crippen LogP contribution in [0.25, 0.3) is 0 Å². The van der Waals surface area contributed by atoms with Gasteiger partial charge < -0.3 is 10.5 Å². The highest BCUT2D eigenvalue weighted by atomic mass is 35.5. The van der Waals surface area contributed by atoms with Crippen molar-refractivity contribution in [1.82, 2.24) is 0 Å². The van der Waals surface area contributed by atoms with E-state index in [-0.39, 0.29) is 17.3 Å². The maximum Gasteiger partial charge on any atom is 0.141 e. The van der Waals surface area contributed by atoms with Gasteiger partial charge in [-0.3, -0.25) is 0 Å². The Morgan fingerprint density at radius 1 is 1.50 bits per heavy atom. The molecule has 2 rings (SSSR count). The zero-order valence-electron chi connectivity index (χ0n) is 9.39. The van der Waals surface area contributed by atoms with Crippen molar-refractivity contribution >= 4 is 11.6 Å². The SMILES string of the molecule is COc1c(Cl)cc(F)cc1C1(C(C)N)CC1. The third-order valence-electron chi connectivity index (χ3n) is 3.41. The van der Waals surface area contributed by atoms with Crippen molar-refractivity contribution in [2.75, 3.05) is 7.11 Å². The second kappa shape index (κ2) is 3.90. The molecular weight excluding hydrogens is 229 g/mol. The molecule has 0 amide bonds. The largest absolute Gasteiger partial charge is 0.495 e. The molecule has 16 heavy (non-hydrogen) atoms. The first-order valence-electron chi connectivity index (χ1n) is 5.30. The van der Waals surface area contributed by atoms with Crippen molar-refractivity contribution in [2.45, 2.75) is 31.2 Å². The predicted molar refractivity (Wildman–Crippen MR) is 62.5 cm³/mol. The normalized spacial score (nSPS) is 19.3. The fourth-order valence-electron chi connectivity index (χ4n) is 2.24. The fraction of sp³-hybridized carbons (Fsp3) is 0.500. The summed E-state index contributed by atoms with van der Waals surface area (Å²) in [4.78, 5) is 0. The Kier molecular flexibility index (Phi) is 2.84. The van der Waals surface area contributed by atoms with Crippen molar-refractivity contribution in [3.05, 3.63) is 28.5 Å². The second-order valence-corrected chi connectivity index (χ2v) is 4.82. The average Bonchev–Trinajstić information content (AvgIpc) is 2.97. The van der Waals surface area contributed by atoms with Crippen LogP contribution >= 0.6 is 11.6 Å². The summed E-state index contributed by atoms with van der Waals surface area (Å²) < 4.78 is 18.6. The van der Waals surface area contributed by atoms with Crippen LogP contribution in [0.4, 0.5) is 4.39 Å². The Morgan fingerprint density at radius 2 is 2.12 bits per heavy atom. The highest BCUT2D eigenvalue weighted by Gasteiger charge is 2.49. The minimum Gasteiger partial charge on any atom is -0.495 e. The molecule has 0 heterocycles. The predicted octanol–water partition coefficient (Wildman–Crippen LogP) is 2.87. The molecule has 0 aliphatic heterocycles. The Labute approximate surface area is 99.5 Å². The molecule has 2 N–H and O–H groups in total. The zero-order chi connectivity index (χ0) is 11.9. The molecule has 0 aromatic heterocycles. The van der Waals surface area contributed by atoms with Crippen molar-refractivity contribution in [1.29, 1.82) is 0 Å². The Morgan fingerprint density at radius 3 is 2.56 bits per heavy atom. The molecule has 0 radical (unpaired) electrons. The molecule has 1 aromatic carbocycles. The topological polar surface area (TPSA) is 35.2 Å². The van der Waals surface area contributed by atoms with E-state index in [0.717, 1.165) is 18.4 Å². The number of hydrogen-bond donors (Lipinski definition) is 1. The van der Waals surface area contributed by atoms with Crippen LogP contribution in [-0.4, -0.2) is 13.2 Å². The number of rotatable bonds is 3. The molecule has 88 valence electrons. The van der Waals surface area contributed by atoms with Gasteiger partial charge in [-0.15, -0.1) is 0 Å². The van der Waals surface area contributed by atoms with Gasteiger partial charge in [-0.25, -0.2) is 4.39 Å². The minimum atomic E-state index is -0.340. The summed E-state index contributed by atoms with van der Waals surface area (Å²) >= 11 is 5.97.